The van der Waals surface area contributed by atoms with Crippen LogP contribution < -0.4 is 4.74 Å². The van der Waals surface area contributed by atoms with E-state index in [1.165, 1.54) is 6.92 Å². The molecule has 0 spiro atoms. The first kappa shape index (κ1) is 8.81. The third-order valence-corrected chi connectivity index (χ3v) is 2.25. The highest BCUT2D eigenvalue weighted by Crippen LogP contribution is 2.25. The van der Waals surface area contributed by atoms with Crippen LogP contribution in [0.1, 0.15) is 17.3 Å². The van der Waals surface area contributed by atoms with Gasteiger partial charge in [-0.05, 0) is 25.1 Å². The Morgan fingerprint density at radius 2 is 2.21 bits per heavy atom. The molecule has 1 N–H and O–H groups in total. The summed E-state index contributed by atoms with van der Waals surface area (Å²) in [7, 11) is 1.57. The van der Waals surface area contributed by atoms with Crippen molar-refractivity contribution >= 4 is 16.7 Å². The summed E-state index contributed by atoms with van der Waals surface area (Å²) in [5.41, 5.74) is 1.57. The third-order valence-electron chi connectivity index (χ3n) is 2.25. The summed E-state index contributed by atoms with van der Waals surface area (Å²) in [6, 6.07) is 5.63. The molecule has 0 saturated heterocycles. The van der Waals surface area contributed by atoms with E-state index in [2.05, 4.69) is 4.98 Å². The average Bonchev–Trinajstić information content (AvgIpc) is 2.62. The van der Waals surface area contributed by atoms with Gasteiger partial charge in [0.2, 0.25) is 0 Å². The zero-order chi connectivity index (χ0) is 10.1. The van der Waals surface area contributed by atoms with E-state index in [-0.39, 0.29) is 5.78 Å². The third kappa shape index (κ3) is 1.27. The molecular weight excluding hydrogens is 178 g/mol. The second-order valence-electron chi connectivity index (χ2n) is 3.17. The molecule has 0 saturated carbocycles. The fraction of sp³-hybridized carbons (Fsp3) is 0.182. The predicted octanol–water partition coefficient (Wildman–Crippen LogP) is 2.38. The molecular formula is C11H11NO2. The molecule has 0 amide bonds. The predicted molar refractivity (Wildman–Crippen MR) is 54.9 cm³/mol. The zero-order valence-corrected chi connectivity index (χ0v) is 8.13. The second kappa shape index (κ2) is 3.18. The van der Waals surface area contributed by atoms with Crippen LogP contribution in [0.15, 0.2) is 24.4 Å². The number of fused-ring (bicyclic) bond motifs is 1. The van der Waals surface area contributed by atoms with E-state index >= 15 is 0 Å². The standard InChI is InChI=1S/C11H11NO2/c1-7(13)9-6-10-8(3-4-12-10)5-11(9)14-2/h3-6,12H,1-2H3. The topological polar surface area (TPSA) is 42.1 Å². The van der Waals surface area contributed by atoms with Gasteiger partial charge in [-0.3, -0.25) is 4.79 Å². The molecule has 2 rings (SSSR count). The molecule has 1 heterocycles. The molecule has 0 aliphatic rings. The molecule has 0 aliphatic heterocycles. The summed E-state index contributed by atoms with van der Waals surface area (Å²) >= 11 is 0. The highest BCUT2D eigenvalue weighted by Gasteiger charge is 2.09. The number of Topliss-reactive ketones (excluding diaryl/α,β-unsaturated/α-hetero) is 1. The fourth-order valence-electron chi connectivity index (χ4n) is 1.52. The van der Waals surface area contributed by atoms with E-state index < -0.39 is 0 Å². The molecule has 0 bridgehead atoms. The van der Waals surface area contributed by atoms with Gasteiger partial charge in [0.15, 0.2) is 5.78 Å². The number of hydrogen-bond acceptors (Lipinski definition) is 2. The van der Waals surface area contributed by atoms with Crippen molar-refractivity contribution in [2.24, 2.45) is 0 Å². The van der Waals surface area contributed by atoms with Crippen molar-refractivity contribution in [2.75, 3.05) is 7.11 Å². The minimum Gasteiger partial charge on any atom is -0.496 e. The molecule has 3 nitrogen and oxygen atoms in total. The van der Waals surface area contributed by atoms with Crippen molar-refractivity contribution in [3.63, 3.8) is 0 Å². The second-order valence-corrected chi connectivity index (χ2v) is 3.17. The van der Waals surface area contributed by atoms with Crippen LogP contribution in [0, 0.1) is 0 Å². The summed E-state index contributed by atoms with van der Waals surface area (Å²) in [5.74, 6) is 0.642. The number of nitrogens with one attached hydrogen (secondary N) is 1. The molecule has 2 aromatic rings. The number of aromatic amines is 1. The molecule has 0 radical (unpaired) electrons. The Labute approximate surface area is 81.7 Å². The number of rotatable bonds is 2. The lowest BCUT2D eigenvalue weighted by Gasteiger charge is -2.05. The van der Waals surface area contributed by atoms with Crippen LogP contribution in [0.5, 0.6) is 5.75 Å². The molecule has 14 heavy (non-hydrogen) atoms. The van der Waals surface area contributed by atoms with Crippen LogP contribution in [0.2, 0.25) is 0 Å². The quantitative estimate of drug-likeness (QED) is 0.737. The molecule has 0 atom stereocenters. The van der Waals surface area contributed by atoms with Gasteiger partial charge >= 0.3 is 0 Å². The Morgan fingerprint density at radius 1 is 1.43 bits per heavy atom. The van der Waals surface area contributed by atoms with E-state index in [9.17, 15) is 4.79 Å². The minimum absolute atomic E-state index is 0.0124. The van der Waals surface area contributed by atoms with E-state index in [4.69, 9.17) is 4.74 Å². The van der Waals surface area contributed by atoms with Gasteiger partial charge < -0.3 is 9.72 Å². The number of carbonyl (C=O) groups excluding carboxylic acids is 1. The van der Waals surface area contributed by atoms with Crippen LogP contribution in [0.3, 0.4) is 0 Å². The summed E-state index contributed by atoms with van der Waals surface area (Å²) < 4.78 is 5.15. The highest BCUT2D eigenvalue weighted by molar-refractivity contribution is 6.00. The van der Waals surface area contributed by atoms with Gasteiger partial charge in [-0.25, -0.2) is 0 Å². The van der Waals surface area contributed by atoms with Crippen LogP contribution in [0.25, 0.3) is 10.9 Å². The van der Waals surface area contributed by atoms with Crippen molar-refractivity contribution in [1.29, 1.82) is 0 Å². The number of ether oxygens (including phenoxy) is 1. The van der Waals surface area contributed by atoms with Crippen LogP contribution >= 0.6 is 0 Å². The van der Waals surface area contributed by atoms with E-state index in [1.807, 2.05) is 24.4 Å². The van der Waals surface area contributed by atoms with Crippen molar-refractivity contribution in [3.05, 3.63) is 30.0 Å². The lowest BCUT2D eigenvalue weighted by Crippen LogP contribution is -1.97. The fourth-order valence-corrected chi connectivity index (χ4v) is 1.52. The van der Waals surface area contributed by atoms with Gasteiger partial charge in [0.05, 0.1) is 12.7 Å². The number of H-pyrrole nitrogens is 1. The van der Waals surface area contributed by atoms with Gasteiger partial charge in [0.1, 0.15) is 5.75 Å². The Hall–Kier alpha value is -1.77. The van der Waals surface area contributed by atoms with Crippen molar-refractivity contribution in [2.45, 2.75) is 6.92 Å². The number of methoxy groups -OCH3 is 1. The van der Waals surface area contributed by atoms with Gasteiger partial charge in [-0.1, -0.05) is 0 Å². The number of ketones is 1. The summed E-state index contributed by atoms with van der Waals surface area (Å²) in [6.07, 6.45) is 1.84. The smallest absolute Gasteiger partial charge is 0.163 e. The Bertz CT molecular complexity index is 485. The Kier molecular flexibility index (Phi) is 2.00. The average molecular weight is 189 g/mol. The van der Waals surface area contributed by atoms with Crippen molar-refractivity contribution in [3.8, 4) is 5.75 Å². The molecule has 0 aliphatic carbocycles. The summed E-state index contributed by atoms with van der Waals surface area (Å²) in [6.45, 7) is 1.53. The molecule has 1 aromatic carbocycles. The first-order valence-electron chi connectivity index (χ1n) is 4.38. The SMILES string of the molecule is COc1cc2cc[nH]c2cc1C(C)=O. The highest BCUT2D eigenvalue weighted by atomic mass is 16.5. The number of carbonyl (C=O) groups is 1. The van der Waals surface area contributed by atoms with Crippen LogP contribution in [-0.2, 0) is 0 Å². The first-order chi connectivity index (χ1) is 6.72. The first-order valence-corrected chi connectivity index (χ1v) is 4.38. The summed E-state index contributed by atoms with van der Waals surface area (Å²) in [5, 5.41) is 1.05. The van der Waals surface area contributed by atoms with Gasteiger partial charge in [0.25, 0.3) is 0 Å². The maximum absolute atomic E-state index is 11.3. The largest absolute Gasteiger partial charge is 0.496 e. The maximum Gasteiger partial charge on any atom is 0.163 e. The van der Waals surface area contributed by atoms with Crippen molar-refractivity contribution in [1.82, 2.24) is 4.98 Å². The zero-order valence-electron chi connectivity index (χ0n) is 8.13. The lowest BCUT2D eigenvalue weighted by molar-refractivity contribution is 0.101. The number of aromatic nitrogens is 1. The van der Waals surface area contributed by atoms with E-state index in [0.717, 1.165) is 10.9 Å². The van der Waals surface area contributed by atoms with Gasteiger partial charge in [0, 0.05) is 17.1 Å². The minimum atomic E-state index is 0.0124. The van der Waals surface area contributed by atoms with Crippen molar-refractivity contribution < 1.29 is 9.53 Å². The molecule has 0 unspecified atom stereocenters. The molecule has 1 aromatic heterocycles. The van der Waals surface area contributed by atoms with Crippen LogP contribution in [0.4, 0.5) is 0 Å². The van der Waals surface area contributed by atoms with Gasteiger partial charge in [-0.2, -0.15) is 0 Å². The number of hydrogen-bond donors (Lipinski definition) is 1. The maximum atomic E-state index is 11.3. The van der Waals surface area contributed by atoms with Gasteiger partial charge in [-0.15, -0.1) is 0 Å². The Morgan fingerprint density at radius 3 is 2.86 bits per heavy atom. The van der Waals surface area contributed by atoms with Crippen LogP contribution in [-0.4, -0.2) is 17.9 Å². The monoisotopic (exact) mass is 189 g/mol. The summed E-state index contributed by atoms with van der Waals surface area (Å²) in [4.78, 5) is 14.4. The molecule has 3 heteroatoms. The molecule has 72 valence electrons. The van der Waals surface area contributed by atoms with E-state index in [0.29, 0.717) is 11.3 Å². The lowest BCUT2D eigenvalue weighted by atomic mass is 10.1. The Balaban J connectivity index is 2.72. The number of benzene rings is 1. The molecule has 0 fully saturated rings. The van der Waals surface area contributed by atoms with E-state index in [1.54, 1.807) is 7.11 Å². The normalized spacial score (nSPS) is 10.4.